The third-order valence-corrected chi connectivity index (χ3v) is 3.20. The fourth-order valence-corrected chi connectivity index (χ4v) is 2.33. The van der Waals surface area contributed by atoms with Crippen molar-refractivity contribution >= 4 is 5.96 Å². The lowest BCUT2D eigenvalue weighted by molar-refractivity contribution is 0.00522. The maximum atomic E-state index is 6.01. The number of rotatable bonds is 1. The van der Waals surface area contributed by atoms with Gasteiger partial charge in [-0.1, -0.05) is 12.8 Å². The van der Waals surface area contributed by atoms with Gasteiger partial charge in [-0.15, -0.1) is 0 Å². The number of hydrogen-bond acceptors (Lipinski definition) is 2. The van der Waals surface area contributed by atoms with E-state index in [4.69, 9.17) is 10.5 Å². The van der Waals surface area contributed by atoms with E-state index in [-0.39, 0.29) is 6.10 Å². The molecule has 15 heavy (non-hydrogen) atoms. The molecule has 1 saturated heterocycles. The molecule has 0 aromatic rings. The van der Waals surface area contributed by atoms with Crippen LogP contribution in [0.4, 0.5) is 0 Å². The normalized spacial score (nSPS) is 29.8. The molecular weight excluding hydrogens is 190 g/mol. The summed E-state index contributed by atoms with van der Waals surface area (Å²) in [6.45, 7) is 4.60. The third-order valence-electron chi connectivity index (χ3n) is 3.20. The summed E-state index contributed by atoms with van der Waals surface area (Å²) in [6.07, 6.45) is 5.31. The predicted octanol–water partition coefficient (Wildman–Crippen LogP) is 0.964. The van der Waals surface area contributed by atoms with Crippen molar-refractivity contribution < 1.29 is 4.74 Å². The molecule has 2 aliphatic rings. The van der Waals surface area contributed by atoms with Crippen LogP contribution in [-0.4, -0.2) is 42.7 Å². The first-order valence-corrected chi connectivity index (χ1v) is 5.95. The van der Waals surface area contributed by atoms with Crippen LogP contribution in [0.1, 0.15) is 32.6 Å². The number of morpholine rings is 1. The lowest BCUT2D eigenvalue weighted by Crippen LogP contribution is -2.48. The smallest absolute Gasteiger partial charge is 0.191 e. The standard InChI is InChI=1S/C11H21N3O/c1-9-8-14(6-7-15-9)11(12)13-10-4-2-3-5-10/h9-10H,2-8H2,1H3,(H2,12,13). The Labute approximate surface area is 91.5 Å². The second kappa shape index (κ2) is 4.84. The van der Waals surface area contributed by atoms with E-state index in [0.717, 1.165) is 25.7 Å². The molecule has 0 aromatic heterocycles. The molecule has 0 amide bonds. The molecule has 0 bridgehead atoms. The van der Waals surface area contributed by atoms with Crippen LogP contribution in [-0.2, 0) is 4.74 Å². The minimum Gasteiger partial charge on any atom is -0.375 e. The van der Waals surface area contributed by atoms with Crippen LogP contribution in [0, 0.1) is 0 Å². The van der Waals surface area contributed by atoms with Gasteiger partial charge >= 0.3 is 0 Å². The zero-order valence-corrected chi connectivity index (χ0v) is 9.48. The summed E-state index contributed by atoms with van der Waals surface area (Å²) in [5.74, 6) is 0.719. The molecule has 2 N–H and O–H groups in total. The van der Waals surface area contributed by atoms with Crippen molar-refractivity contribution in [1.82, 2.24) is 4.90 Å². The number of nitrogens with two attached hydrogens (primary N) is 1. The average Bonchev–Trinajstić information content (AvgIpc) is 2.70. The summed E-state index contributed by atoms with van der Waals surface area (Å²) < 4.78 is 5.48. The molecule has 1 aliphatic carbocycles. The second-order valence-corrected chi connectivity index (χ2v) is 4.55. The highest BCUT2D eigenvalue weighted by atomic mass is 16.5. The van der Waals surface area contributed by atoms with Crippen molar-refractivity contribution in [3.05, 3.63) is 0 Å². The van der Waals surface area contributed by atoms with E-state index >= 15 is 0 Å². The van der Waals surface area contributed by atoms with Gasteiger partial charge in [0.2, 0.25) is 0 Å². The number of aliphatic imine (C=N–C) groups is 1. The Morgan fingerprint density at radius 3 is 2.80 bits per heavy atom. The summed E-state index contributed by atoms with van der Waals surface area (Å²) in [7, 11) is 0. The van der Waals surface area contributed by atoms with E-state index in [9.17, 15) is 0 Å². The average molecular weight is 211 g/mol. The lowest BCUT2D eigenvalue weighted by Gasteiger charge is -2.32. The molecule has 2 fully saturated rings. The van der Waals surface area contributed by atoms with Crippen LogP contribution in [0.2, 0.25) is 0 Å². The highest BCUT2D eigenvalue weighted by Crippen LogP contribution is 2.21. The summed E-state index contributed by atoms with van der Waals surface area (Å²) in [5, 5.41) is 0. The van der Waals surface area contributed by atoms with Gasteiger partial charge in [0.1, 0.15) is 0 Å². The van der Waals surface area contributed by atoms with Gasteiger partial charge in [0.25, 0.3) is 0 Å². The maximum absolute atomic E-state index is 6.01. The van der Waals surface area contributed by atoms with E-state index in [1.807, 2.05) is 0 Å². The van der Waals surface area contributed by atoms with Crippen molar-refractivity contribution in [3.8, 4) is 0 Å². The van der Waals surface area contributed by atoms with E-state index in [1.165, 1.54) is 25.7 Å². The van der Waals surface area contributed by atoms with E-state index in [2.05, 4.69) is 16.8 Å². The van der Waals surface area contributed by atoms with Crippen molar-refractivity contribution in [3.63, 3.8) is 0 Å². The Bertz CT molecular complexity index is 236. The molecule has 4 nitrogen and oxygen atoms in total. The molecule has 4 heteroatoms. The van der Waals surface area contributed by atoms with Crippen LogP contribution in [0.25, 0.3) is 0 Å². The molecule has 0 radical (unpaired) electrons. The first kappa shape index (κ1) is 10.7. The Hall–Kier alpha value is -0.770. The topological polar surface area (TPSA) is 50.8 Å². The minimum absolute atomic E-state index is 0.274. The SMILES string of the molecule is CC1CN(C(N)=NC2CCCC2)CCO1. The lowest BCUT2D eigenvalue weighted by atomic mass is 10.3. The zero-order valence-electron chi connectivity index (χ0n) is 9.48. The minimum atomic E-state index is 0.274. The first-order chi connectivity index (χ1) is 7.25. The molecule has 1 aliphatic heterocycles. The summed E-state index contributed by atoms with van der Waals surface area (Å²) in [6, 6.07) is 0.475. The highest BCUT2D eigenvalue weighted by molar-refractivity contribution is 5.78. The quantitative estimate of drug-likeness (QED) is 0.519. The van der Waals surface area contributed by atoms with Gasteiger partial charge in [-0.25, -0.2) is 4.99 Å². The van der Waals surface area contributed by atoms with Crippen molar-refractivity contribution in [2.24, 2.45) is 10.7 Å². The summed E-state index contributed by atoms with van der Waals surface area (Å²) >= 11 is 0. The third kappa shape index (κ3) is 2.84. The van der Waals surface area contributed by atoms with Gasteiger partial charge in [-0.3, -0.25) is 0 Å². The number of hydrogen-bond donors (Lipinski definition) is 1. The van der Waals surface area contributed by atoms with Crippen molar-refractivity contribution in [2.45, 2.75) is 44.8 Å². The Balaban J connectivity index is 1.90. The molecule has 1 atom stereocenters. The Morgan fingerprint density at radius 1 is 1.40 bits per heavy atom. The van der Waals surface area contributed by atoms with Gasteiger partial charge in [-0.05, 0) is 19.8 Å². The van der Waals surface area contributed by atoms with Gasteiger partial charge < -0.3 is 15.4 Å². The molecule has 1 unspecified atom stereocenters. The van der Waals surface area contributed by atoms with E-state index in [1.54, 1.807) is 0 Å². The first-order valence-electron chi connectivity index (χ1n) is 5.95. The molecule has 1 saturated carbocycles. The largest absolute Gasteiger partial charge is 0.375 e. The van der Waals surface area contributed by atoms with Crippen LogP contribution < -0.4 is 5.73 Å². The molecule has 0 aromatic carbocycles. The number of guanidine groups is 1. The van der Waals surface area contributed by atoms with Gasteiger partial charge in [0.05, 0.1) is 18.8 Å². The van der Waals surface area contributed by atoms with E-state index < -0.39 is 0 Å². The van der Waals surface area contributed by atoms with Crippen LogP contribution in [0.3, 0.4) is 0 Å². The highest BCUT2D eigenvalue weighted by Gasteiger charge is 2.20. The number of ether oxygens (including phenoxy) is 1. The van der Waals surface area contributed by atoms with Gasteiger partial charge in [0, 0.05) is 13.1 Å². The molecule has 2 rings (SSSR count). The Kier molecular flexibility index (Phi) is 3.46. The van der Waals surface area contributed by atoms with E-state index in [0.29, 0.717) is 6.04 Å². The summed E-state index contributed by atoms with van der Waals surface area (Å²) in [5.41, 5.74) is 6.01. The molecule has 0 spiro atoms. The fraction of sp³-hybridized carbons (Fsp3) is 0.909. The van der Waals surface area contributed by atoms with Crippen LogP contribution >= 0.6 is 0 Å². The van der Waals surface area contributed by atoms with Gasteiger partial charge in [-0.2, -0.15) is 0 Å². The maximum Gasteiger partial charge on any atom is 0.191 e. The van der Waals surface area contributed by atoms with Crippen LogP contribution in [0.5, 0.6) is 0 Å². The van der Waals surface area contributed by atoms with Crippen molar-refractivity contribution in [2.75, 3.05) is 19.7 Å². The molecule has 86 valence electrons. The zero-order chi connectivity index (χ0) is 10.7. The molecule has 1 heterocycles. The second-order valence-electron chi connectivity index (χ2n) is 4.55. The summed E-state index contributed by atoms with van der Waals surface area (Å²) in [4.78, 5) is 6.74. The monoisotopic (exact) mass is 211 g/mol. The van der Waals surface area contributed by atoms with Gasteiger partial charge in [0.15, 0.2) is 5.96 Å². The number of nitrogens with zero attached hydrogens (tertiary/aromatic N) is 2. The molecular formula is C11H21N3O. The van der Waals surface area contributed by atoms with Crippen LogP contribution in [0.15, 0.2) is 4.99 Å². The predicted molar refractivity (Wildman–Crippen MR) is 60.9 cm³/mol. The van der Waals surface area contributed by atoms with Crippen molar-refractivity contribution in [1.29, 1.82) is 0 Å². The Morgan fingerprint density at radius 2 is 2.13 bits per heavy atom. The fourth-order valence-electron chi connectivity index (χ4n) is 2.33.